The molecule has 0 aliphatic heterocycles. The smallest absolute Gasteiger partial charge is 0.103 e. The van der Waals surface area contributed by atoms with Gasteiger partial charge >= 0.3 is 0 Å². The first-order valence-electron chi connectivity index (χ1n) is 5.94. The third-order valence-corrected chi connectivity index (χ3v) is 3.17. The van der Waals surface area contributed by atoms with Crippen molar-refractivity contribution in [1.29, 1.82) is 5.26 Å². The summed E-state index contributed by atoms with van der Waals surface area (Å²) >= 11 is 6.04. The van der Waals surface area contributed by atoms with Crippen LogP contribution < -0.4 is 4.90 Å². The number of pyridine rings is 1. The lowest BCUT2D eigenvalue weighted by molar-refractivity contribution is 0.875. The van der Waals surface area contributed by atoms with Gasteiger partial charge in [-0.1, -0.05) is 23.7 Å². The van der Waals surface area contributed by atoms with Gasteiger partial charge in [0.25, 0.3) is 0 Å². The van der Waals surface area contributed by atoms with Crippen molar-refractivity contribution in [2.45, 2.75) is 13.5 Å². The standard InChI is InChI=1S/C15H14ClN3/c1-11-5-3-6-12(18-11)10-19(2)15-8-4-7-14(16)13(15)9-17/h3-8H,10H2,1-2H3. The van der Waals surface area contributed by atoms with Gasteiger partial charge in [0.1, 0.15) is 6.07 Å². The monoisotopic (exact) mass is 271 g/mol. The molecule has 2 rings (SSSR count). The lowest BCUT2D eigenvalue weighted by Crippen LogP contribution is -2.18. The van der Waals surface area contributed by atoms with E-state index < -0.39 is 0 Å². The molecule has 1 aromatic heterocycles. The molecule has 2 aromatic rings. The number of hydrogen-bond donors (Lipinski definition) is 0. The Kier molecular flexibility index (Phi) is 4.03. The average Bonchev–Trinajstić information content (AvgIpc) is 2.38. The number of aryl methyl sites for hydroxylation is 1. The molecule has 0 amide bonds. The van der Waals surface area contributed by atoms with Crippen LogP contribution >= 0.6 is 11.6 Å². The van der Waals surface area contributed by atoms with Crippen LogP contribution in [0.15, 0.2) is 36.4 Å². The minimum absolute atomic E-state index is 0.476. The van der Waals surface area contributed by atoms with Crippen LogP contribution in [0, 0.1) is 18.3 Å². The zero-order valence-electron chi connectivity index (χ0n) is 10.9. The van der Waals surface area contributed by atoms with Gasteiger partial charge in [-0.25, -0.2) is 0 Å². The molecule has 0 aliphatic carbocycles. The molecule has 0 radical (unpaired) electrons. The molecule has 0 aliphatic rings. The van der Waals surface area contributed by atoms with Crippen LogP contribution in [-0.2, 0) is 6.54 Å². The molecular weight excluding hydrogens is 258 g/mol. The summed E-state index contributed by atoms with van der Waals surface area (Å²) in [6.45, 7) is 2.60. The summed E-state index contributed by atoms with van der Waals surface area (Å²) in [6.07, 6.45) is 0. The van der Waals surface area contributed by atoms with Crippen LogP contribution in [0.2, 0.25) is 5.02 Å². The molecule has 0 atom stereocenters. The summed E-state index contributed by atoms with van der Waals surface area (Å²) in [5, 5.41) is 9.66. The summed E-state index contributed by atoms with van der Waals surface area (Å²) in [7, 11) is 1.93. The molecule has 0 N–H and O–H groups in total. The van der Waals surface area contributed by atoms with Crippen LogP contribution in [0.3, 0.4) is 0 Å². The fourth-order valence-corrected chi connectivity index (χ4v) is 2.17. The summed E-state index contributed by atoms with van der Waals surface area (Å²) in [5.74, 6) is 0. The molecule has 1 heterocycles. The van der Waals surface area contributed by atoms with Crippen molar-refractivity contribution in [2.24, 2.45) is 0 Å². The zero-order chi connectivity index (χ0) is 13.8. The van der Waals surface area contributed by atoms with E-state index >= 15 is 0 Å². The van der Waals surface area contributed by atoms with Crippen molar-refractivity contribution in [1.82, 2.24) is 4.98 Å². The quantitative estimate of drug-likeness (QED) is 0.857. The highest BCUT2D eigenvalue weighted by Crippen LogP contribution is 2.26. The molecule has 3 nitrogen and oxygen atoms in total. The molecule has 0 spiro atoms. The lowest BCUT2D eigenvalue weighted by atomic mass is 10.1. The molecule has 0 bridgehead atoms. The number of rotatable bonds is 3. The summed E-state index contributed by atoms with van der Waals surface area (Å²) in [4.78, 5) is 6.44. The maximum Gasteiger partial charge on any atom is 0.103 e. The largest absolute Gasteiger partial charge is 0.368 e. The third-order valence-electron chi connectivity index (χ3n) is 2.86. The van der Waals surface area contributed by atoms with Crippen LogP contribution in [-0.4, -0.2) is 12.0 Å². The second-order valence-electron chi connectivity index (χ2n) is 4.37. The van der Waals surface area contributed by atoms with Crippen LogP contribution in [0.1, 0.15) is 17.0 Å². The number of nitrogens with zero attached hydrogens (tertiary/aromatic N) is 3. The fraction of sp³-hybridized carbons (Fsp3) is 0.200. The molecule has 0 saturated heterocycles. The predicted octanol–water partition coefficient (Wildman–Crippen LogP) is 3.55. The first kappa shape index (κ1) is 13.4. The van der Waals surface area contributed by atoms with Crippen LogP contribution in [0.4, 0.5) is 5.69 Å². The van der Waals surface area contributed by atoms with E-state index in [0.29, 0.717) is 17.1 Å². The normalized spacial score (nSPS) is 10.0. The topological polar surface area (TPSA) is 39.9 Å². The maximum absolute atomic E-state index is 9.18. The first-order chi connectivity index (χ1) is 9.11. The van der Waals surface area contributed by atoms with Gasteiger partial charge in [0.15, 0.2) is 0 Å². The molecule has 0 saturated carbocycles. The lowest BCUT2D eigenvalue weighted by Gasteiger charge is -2.20. The predicted molar refractivity (Wildman–Crippen MR) is 77.2 cm³/mol. The molecule has 1 aromatic carbocycles. The Morgan fingerprint density at radius 1 is 1.26 bits per heavy atom. The van der Waals surface area contributed by atoms with Crippen molar-refractivity contribution >= 4 is 17.3 Å². The Hall–Kier alpha value is -2.05. The summed E-state index contributed by atoms with van der Waals surface area (Å²) in [6, 6.07) is 13.5. The molecular formula is C15H14ClN3. The van der Waals surface area contributed by atoms with E-state index in [1.165, 1.54) is 0 Å². The van der Waals surface area contributed by atoms with Crippen LogP contribution in [0.5, 0.6) is 0 Å². The van der Waals surface area contributed by atoms with Gasteiger partial charge < -0.3 is 4.90 Å². The Labute approximate surface area is 118 Å². The first-order valence-corrected chi connectivity index (χ1v) is 6.32. The van der Waals surface area contributed by atoms with Gasteiger partial charge in [-0.3, -0.25) is 4.98 Å². The Morgan fingerprint density at radius 2 is 2.00 bits per heavy atom. The number of halogens is 1. The molecule has 0 fully saturated rings. The molecule has 19 heavy (non-hydrogen) atoms. The highest BCUT2D eigenvalue weighted by atomic mass is 35.5. The Morgan fingerprint density at radius 3 is 2.68 bits per heavy atom. The van der Waals surface area contributed by atoms with Gasteiger partial charge in [-0.2, -0.15) is 5.26 Å². The second kappa shape index (κ2) is 5.73. The van der Waals surface area contributed by atoms with Crippen molar-refractivity contribution in [3.8, 4) is 6.07 Å². The highest BCUT2D eigenvalue weighted by molar-refractivity contribution is 6.32. The minimum atomic E-state index is 0.476. The zero-order valence-corrected chi connectivity index (χ0v) is 11.6. The third kappa shape index (κ3) is 3.04. The Balaban J connectivity index is 2.28. The van der Waals surface area contributed by atoms with Gasteiger partial charge in [0, 0.05) is 12.7 Å². The Bertz CT molecular complexity index is 632. The van der Waals surface area contributed by atoms with Gasteiger partial charge in [-0.15, -0.1) is 0 Å². The van der Waals surface area contributed by atoms with Crippen molar-refractivity contribution in [3.05, 3.63) is 58.4 Å². The number of anilines is 1. The molecule has 0 unspecified atom stereocenters. The number of benzene rings is 1. The molecule has 4 heteroatoms. The fourth-order valence-electron chi connectivity index (χ4n) is 1.96. The van der Waals surface area contributed by atoms with E-state index in [0.717, 1.165) is 17.1 Å². The summed E-state index contributed by atoms with van der Waals surface area (Å²) in [5.41, 5.74) is 3.27. The van der Waals surface area contributed by atoms with E-state index in [1.54, 1.807) is 6.07 Å². The van der Waals surface area contributed by atoms with Crippen molar-refractivity contribution in [3.63, 3.8) is 0 Å². The minimum Gasteiger partial charge on any atom is -0.368 e. The van der Waals surface area contributed by atoms with Gasteiger partial charge in [0.05, 0.1) is 28.5 Å². The average molecular weight is 272 g/mol. The van der Waals surface area contributed by atoms with E-state index in [-0.39, 0.29) is 0 Å². The van der Waals surface area contributed by atoms with Crippen LogP contribution in [0.25, 0.3) is 0 Å². The van der Waals surface area contributed by atoms with Crippen molar-refractivity contribution < 1.29 is 0 Å². The van der Waals surface area contributed by atoms with E-state index in [2.05, 4.69) is 11.1 Å². The number of nitriles is 1. The number of aromatic nitrogens is 1. The molecule has 96 valence electrons. The van der Waals surface area contributed by atoms with Crippen molar-refractivity contribution in [2.75, 3.05) is 11.9 Å². The summed E-state index contributed by atoms with van der Waals surface area (Å²) < 4.78 is 0. The number of hydrogen-bond acceptors (Lipinski definition) is 3. The van der Waals surface area contributed by atoms with E-state index in [4.69, 9.17) is 11.6 Å². The maximum atomic E-state index is 9.18. The highest BCUT2D eigenvalue weighted by Gasteiger charge is 2.11. The van der Waals surface area contributed by atoms with E-state index in [1.807, 2.05) is 49.2 Å². The second-order valence-corrected chi connectivity index (χ2v) is 4.78. The van der Waals surface area contributed by atoms with Gasteiger partial charge in [0.2, 0.25) is 0 Å². The SMILES string of the molecule is Cc1cccc(CN(C)c2cccc(Cl)c2C#N)n1. The van der Waals surface area contributed by atoms with Gasteiger partial charge in [-0.05, 0) is 31.2 Å². The van der Waals surface area contributed by atoms with E-state index in [9.17, 15) is 5.26 Å².